The molecule has 0 bridgehead atoms. The van der Waals surface area contributed by atoms with Crippen LogP contribution >= 0.6 is 11.8 Å². The van der Waals surface area contributed by atoms with Gasteiger partial charge >= 0.3 is 0 Å². The first-order chi connectivity index (χ1) is 12.8. The number of halogens is 2. The van der Waals surface area contributed by atoms with Crippen molar-refractivity contribution in [3.8, 4) is 0 Å². The lowest BCUT2D eigenvalue weighted by Crippen LogP contribution is -2.21. The Morgan fingerprint density at radius 3 is 2.52 bits per heavy atom. The summed E-state index contributed by atoms with van der Waals surface area (Å²) in [5, 5.41) is 2.24. The van der Waals surface area contributed by atoms with Gasteiger partial charge in [0.2, 0.25) is 5.91 Å². The van der Waals surface area contributed by atoms with E-state index in [2.05, 4.69) is 10.3 Å². The monoisotopic (exact) mass is 389 g/mol. The summed E-state index contributed by atoms with van der Waals surface area (Å²) in [7, 11) is 3.86. The standard InChI is InChI=1S/C19H17F2N3O2S/c1-24(2)13-6-3-11(4-7-13)19-23-18(26)16(27-19)10-17(25)22-15-8-5-12(20)9-14(15)21/h3-9,16H,10H2,1-2H3,(H,22,25)/t16-/m1/s1. The quantitative estimate of drug-likeness (QED) is 0.851. The molecule has 0 aromatic heterocycles. The van der Waals surface area contributed by atoms with E-state index in [4.69, 9.17) is 0 Å². The minimum absolute atomic E-state index is 0.128. The van der Waals surface area contributed by atoms with Crippen LogP contribution in [-0.2, 0) is 9.59 Å². The summed E-state index contributed by atoms with van der Waals surface area (Å²) in [4.78, 5) is 30.2. The molecule has 8 heteroatoms. The Hall–Kier alpha value is -2.74. The van der Waals surface area contributed by atoms with Gasteiger partial charge in [-0.3, -0.25) is 9.59 Å². The third-order valence-electron chi connectivity index (χ3n) is 3.95. The van der Waals surface area contributed by atoms with Gasteiger partial charge in [-0.2, -0.15) is 0 Å². The van der Waals surface area contributed by atoms with Gasteiger partial charge in [0.25, 0.3) is 5.91 Å². The number of rotatable bonds is 5. The molecule has 1 aliphatic rings. The number of amides is 2. The fourth-order valence-electron chi connectivity index (χ4n) is 2.51. The van der Waals surface area contributed by atoms with Crippen molar-refractivity contribution in [2.24, 2.45) is 4.99 Å². The summed E-state index contributed by atoms with van der Waals surface area (Å²) in [5.74, 6) is -2.54. The lowest BCUT2D eigenvalue weighted by Gasteiger charge is -2.12. The van der Waals surface area contributed by atoms with Crippen molar-refractivity contribution in [3.63, 3.8) is 0 Å². The normalized spacial score (nSPS) is 16.2. The number of benzene rings is 2. The van der Waals surface area contributed by atoms with Crippen LogP contribution in [-0.4, -0.2) is 36.2 Å². The molecule has 0 fully saturated rings. The molecule has 0 saturated carbocycles. The minimum atomic E-state index is -0.869. The van der Waals surface area contributed by atoms with Gasteiger partial charge < -0.3 is 10.2 Å². The van der Waals surface area contributed by atoms with Gasteiger partial charge in [0, 0.05) is 37.8 Å². The third kappa shape index (κ3) is 4.51. The van der Waals surface area contributed by atoms with Crippen molar-refractivity contribution < 1.29 is 18.4 Å². The second-order valence-electron chi connectivity index (χ2n) is 6.18. The number of anilines is 2. The van der Waals surface area contributed by atoms with Gasteiger partial charge in [0.15, 0.2) is 0 Å². The summed E-state index contributed by atoms with van der Waals surface area (Å²) in [6.45, 7) is 0. The number of nitrogens with one attached hydrogen (secondary N) is 1. The van der Waals surface area contributed by atoms with Crippen molar-refractivity contribution in [2.45, 2.75) is 11.7 Å². The molecule has 1 heterocycles. The first kappa shape index (κ1) is 19.0. The Bertz CT molecular complexity index is 914. The fraction of sp³-hybridized carbons (Fsp3) is 0.211. The van der Waals surface area contributed by atoms with E-state index in [-0.39, 0.29) is 12.1 Å². The summed E-state index contributed by atoms with van der Waals surface area (Å²) in [6, 6.07) is 10.4. The zero-order chi connectivity index (χ0) is 19.6. The van der Waals surface area contributed by atoms with Crippen molar-refractivity contribution in [2.75, 3.05) is 24.3 Å². The number of thioether (sulfide) groups is 1. The average molecular weight is 389 g/mol. The predicted molar refractivity (Wildman–Crippen MR) is 103 cm³/mol. The topological polar surface area (TPSA) is 61.8 Å². The largest absolute Gasteiger partial charge is 0.378 e. The van der Waals surface area contributed by atoms with Gasteiger partial charge in [0.05, 0.1) is 5.69 Å². The molecule has 3 rings (SSSR count). The highest BCUT2D eigenvalue weighted by Gasteiger charge is 2.31. The molecule has 1 N–H and O–H groups in total. The molecule has 0 saturated heterocycles. The van der Waals surface area contributed by atoms with Crippen LogP contribution < -0.4 is 10.2 Å². The summed E-state index contributed by atoms with van der Waals surface area (Å²) in [6.07, 6.45) is -0.150. The summed E-state index contributed by atoms with van der Waals surface area (Å²) < 4.78 is 26.5. The molecule has 27 heavy (non-hydrogen) atoms. The zero-order valence-corrected chi connectivity index (χ0v) is 15.5. The summed E-state index contributed by atoms with van der Waals surface area (Å²) >= 11 is 1.20. The van der Waals surface area contributed by atoms with Crippen LogP contribution in [0.2, 0.25) is 0 Å². The maximum atomic E-state index is 13.6. The van der Waals surface area contributed by atoms with Crippen molar-refractivity contribution in [1.29, 1.82) is 0 Å². The Labute approximate surface area is 159 Å². The summed E-state index contributed by atoms with van der Waals surface area (Å²) in [5.41, 5.74) is 1.69. The van der Waals surface area contributed by atoms with Gasteiger partial charge in [-0.05, 0) is 24.3 Å². The molecule has 0 unspecified atom stereocenters. The van der Waals surface area contributed by atoms with Crippen LogP contribution in [0.3, 0.4) is 0 Å². The molecular formula is C19H17F2N3O2S. The maximum absolute atomic E-state index is 13.6. The molecule has 2 amide bonds. The van der Waals surface area contributed by atoms with Crippen LogP contribution in [0.25, 0.3) is 0 Å². The van der Waals surface area contributed by atoms with Gasteiger partial charge in [-0.15, -0.1) is 0 Å². The first-order valence-corrected chi connectivity index (χ1v) is 9.03. The molecule has 0 spiro atoms. The van der Waals surface area contributed by atoms with Crippen molar-refractivity contribution >= 4 is 40.0 Å². The zero-order valence-electron chi connectivity index (χ0n) is 14.7. The van der Waals surface area contributed by atoms with Crippen molar-refractivity contribution in [1.82, 2.24) is 0 Å². The highest BCUT2D eigenvalue weighted by atomic mass is 32.2. The average Bonchev–Trinajstić information content (AvgIpc) is 2.98. The second kappa shape index (κ2) is 7.87. The van der Waals surface area contributed by atoms with Crippen LogP contribution in [0, 0.1) is 11.6 Å². The molecular weight excluding hydrogens is 372 g/mol. The van der Waals surface area contributed by atoms with E-state index in [0.29, 0.717) is 11.1 Å². The molecule has 2 aromatic rings. The van der Waals surface area contributed by atoms with Gasteiger partial charge in [-0.1, -0.05) is 23.9 Å². The van der Waals surface area contributed by atoms with E-state index in [1.165, 1.54) is 11.8 Å². The first-order valence-electron chi connectivity index (χ1n) is 8.15. The van der Waals surface area contributed by atoms with Crippen LogP contribution in [0.1, 0.15) is 12.0 Å². The van der Waals surface area contributed by atoms with Crippen molar-refractivity contribution in [3.05, 3.63) is 59.7 Å². The highest BCUT2D eigenvalue weighted by molar-refractivity contribution is 8.16. The Morgan fingerprint density at radius 1 is 1.19 bits per heavy atom. The SMILES string of the molecule is CN(C)c1ccc(C2=NC(=O)[C@@H](CC(=O)Nc3ccc(F)cc3F)S2)cc1. The predicted octanol–water partition coefficient (Wildman–Crippen LogP) is 3.45. The van der Waals surface area contributed by atoms with Gasteiger partial charge in [0.1, 0.15) is 21.9 Å². The number of carbonyl (C=O) groups excluding carboxylic acids is 2. The molecule has 2 aromatic carbocycles. The Kier molecular flexibility index (Phi) is 5.55. The van der Waals surface area contributed by atoms with E-state index >= 15 is 0 Å². The number of hydrogen-bond acceptors (Lipinski definition) is 4. The molecule has 5 nitrogen and oxygen atoms in total. The maximum Gasteiger partial charge on any atom is 0.260 e. The van der Waals surface area contributed by atoms with Crippen LogP contribution in [0.4, 0.5) is 20.2 Å². The number of carbonyl (C=O) groups is 2. The van der Waals surface area contributed by atoms with Crippen LogP contribution in [0.5, 0.6) is 0 Å². The van der Waals surface area contributed by atoms with Crippen LogP contribution in [0.15, 0.2) is 47.5 Å². The van der Waals surface area contributed by atoms with E-state index in [1.807, 2.05) is 43.3 Å². The Morgan fingerprint density at radius 2 is 1.89 bits per heavy atom. The fourth-order valence-corrected chi connectivity index (χ4v) is 3.58. The lowest BCUT2D eigenvalue weighted by atomic mass is 10.2. The number of aliphatic imine (C=N–C) groups is 1. The minimum Gasteiger partial charge on any atom is -0.378 e. The van der Waals surface area contributed by atoms with E-state index in [9.17, 15) is 18.4 Å². The Balaban J connectivity index is 1.62. The third-order valence-corrected chi connectivity index (χ3v) is 5.15. The molecule has 0 aliphatic carbocycles. The smallest absolute Gasteiger partial charge is 0.260 e. The highest BCUT2D eigenvalue weighted by Crippen LogP contribution is 2.30. The molecule has 1 aliphatic heterocycles. The molecule has 140 valence electrons. The van der Waals surface area contributed by atoms with E-state index < -0.39 is 28.7 Å². The number of nitrogens with zero attached hydrogens (tertiary/aromatic N) is 2. The van der Waals surface area contributed by atoms with E-state index in [1.54, 1.807) is 0 Å². The lowest BCUT2D eigenvalue weighted by molar-refractivity contribution is -0.121. The second-order valence-corrected chi connectivity index (χ2v) is 7.37. The van der Waals surface area contributed by atoms with E-state index in [0.717, 1.165) is 23.4 Å². The molecule has 0 radical (unpaired) electrons. The number of hydrogen-bond donors (Lipinski definition) is 1. The van der Waals surface area contributed by atoms with Gasteiger partial charge in [-0.25, -0.2) is 13.8 Å². The molecule has 1 atom stereocenters.